The molecule has 0 radical (unpaired) electrons. The maximum Gasteiger partial charge on any atom is 0.272 e. The fourth-order valence-electron chi connectivity index (χ4n) is 7.04. The first kappa shape index (κ1) is 20.1. The Morgan fingerprint density at radius 1 is 1.20 bits per heavy atom. The molecule has 4 aliphatic carbocycles. The van der Waals surface area contributed by atoms with Crippen molar-refractivity contribution in [3.05, 3.63) is 34.4 Å². The first-order valence-corrected chi connectivity index (χ1v) is 11.8. The first-order valence-electron chi connectivity index (χ1n) is 11.4. The molecule has 0 spiro atoms. The number of halogens is 1. The van der Waals surface area contributed by atoms with Gasteiger partial charge >= 0.3 is 0 Å². The molecule has 6 rings (SSSR count). The summed E-state index contributed by atoms with van der Waals surface area (Å²) in [6.45, 7) is 6.49. The van der Waals surface area contributed by atoms with Crippen LogP contribution < -0.4 is 5.32 Å². The van der Waals surface area contributed by atoms with Gasteiger partial charge in [0.05, 0.1) is 16.4 Å². The van der Waals surface area contributed by atoms with E-state index in [-0.39, 0.29) is 11.9 Å². The molecule has 0 saturated heterocycles. The molecule has 4 bridgehead atoms. The number of nitrogens with zero attached hydrogens (tertiary/aromatic N) is 4. The van der Waals surface area contributed by atoms with Crippen LogP contribution in [0.3, 0.4) is 0 Å². The zero-order valence-electron chi connectivity index (χ0n) is 18.2. The number of nitrogens with one attached hydrogen (secondary N) is 1. The van der Waals surface area contributed by atoms with E-state index in [4.69, 9.17) is 11.6 Å². The highest BCUT2D eigenvalue weighted by atomic mass is 35.5. The van der Waals surface area contributed by atoms with E-state index in [9.17, 15) is 4.79 Å². The van der Waals surface area contributed by atoms with Crippen molar-refractivity contribution in [1.82, 2.24) is 24.9 Å². The minimum Gasteiger partial charge on any atom is -0.347 e. The van der Waals surface area contributed by atoms with Crippen LogP contribution in [0.5, 0.6) is 0 Å². The SMILES string of the molecule is CCC(NC(=O)c1ccn(Cn2nc(C)c(Cl)c2C)n1)C12CC3CC(CC(C3)C1)C2. The van der Waals surface area contributed by atoms with E-state index in [1.165, 1.54) is 38.5 Å². The fourth-order valence-corrected chi connectivity index (χ4v) is 7.17. The fraction of sp³-hybridized carbons (Fsp3) is 0.696. The lowest BCUT2D eigenvalue weighted by molar-refractivity contribution is -0.0727. The standard InChI is InChI=1S/C23H32ClN5O/c1-4-20(23-10-16-7-17(11-23)9-18(8-16)12-23)25-22(30)19-5-6-28(27-19)13-29-15(3)21(24)14(2)26-29/h5-6,16-18,20H,4,7-13H2,1-3H3,(H,25,30). The molecule has 6 nitrogen and oxygen atoms in total. The van der Waals surface area contributed by atoms with Gasteiger partial charge in [0.15, 0.2) is 0 Å². The van der Waals surface area contributed by atoms with Crippen molar-refractivity contribution in [3.63, 3.8) is 0 Å². The number of amides is 1. The molecule has 1 N–H and O–H groups in total. The minimum absolute atomic E-state index is 0.0530. The van der Waals surface area contributed by atoms with Crippen LogP contribution in [0.2, 0.25) is 5.02 Å². The van der Waals surface area contributed by atoms with Crippen molar-refractivity contribution in [2.24, 2.45) is 23.2 Å². The first-order chi connectivity index (χ1) is 14.4. The molecule has 4 aliphatic rings. The van der Waals surface area contributed by atoms with E-state index in [0.717, 1.165) is 35.6 Å². The van der Waals surface area contributed by atoms with Crippen LogP contribution in [-0.4, -0.2) is 31.5 Å². The minimum atomic E-state index is -0.0530. The number of aryl methyl sites for hydroxylation is 1. The number of hydrogen-bond donors (Lipinski definition) is 1. The van der Waals surface area contributed by atoms with Gasteiger partial charge in [-0.3, -0.25) is 9.48 Å². The molecule has 2 aromatic rings. The Kier molecular flexibility index (Phi) is 4.96. The van der Waals surface area contributed by atoms with Gasteiger partial charge in [0.2, 0.25) is 0 Å². The molecule has 2 heterocycles. The Morgan fingerprint density at radius 2 is 1.83 bits per heavy atom. The van der Waals surface area contributed by atoms with Gasteiger partial charge in [0.25, 0.3) is 5.91 Å². The molecule has 7 heteroatoms. The molecule has 2 aromatic heterocycles. The van der Waals surface area contributed by atoms with Gasteiger partial charge < -0.3 is 5.32 Å². The van der Waals surface area contributed by atoms with E-state index >= 15 is 0 Å². The van der Waals surface area contributed by atoms with Crippen LogP contribution in [-0.2, 0) is 6.67 Å². The summed E-state index contributed by atoms with van der Waals surface area (Å²) in [4.78, 5) is 13.1. The van der Waals surface area contributed by atoms with Gasteiger partial charge in [-0.2, -0.15) is 10.2 Å². The van der Waals surface area contributed by atoms with Crippen molar-refractivity contribution in [2.45, 2.75) is 78.4 Å². The summed E-state index contributed by atoms with van der Waals surface area (Å²) in [6.07, 6.45) is 11.0. The lowest BCUT2D eigenvalue weighted by Crippen LogP contribution is -2.56. The molecular formula is C23H32ClN5O. The largest absolute Gasteiger partial charge is 0.347 e. The Labute approximate surface area is 183 Å². The van der Waals surface area contributed by atoms with Crippen molar-refractivity contribution in [3.8, 4) is 0 Å². The lowest BCUT2D eigenvalue weighted by atomic mass is 9.47. The molecule has 0 aromatic carbocycles. The molecule has 1 unspecified atom stereocenters. The van der Waals surface area contributed by atoms with Crippen molar-refractivity contribution in [2.75, 3.05) is 0 Å². The maximum atomic E-state index is 13.1. The van der Waals surface area contributed by atoms with E-state index in [1.54, 1.807) is 10.7 Å². The molecule has 4 saturated carbocycles. The van der Waals surface area contributed by atoms with Crippen molar-refractivity contribution in [1.29, 1.82) is 0 Å². The highest BCUT2D eigenvalue weighted by molar-refractivity contribution is 6.31. The second-order valence-electron chi connectivity index (χ2n) is 10.1. The van der Waals surface area contributed by atoms with Crippen molar-refractivity contribution < 1.29 is 4.79 Å². The van der Waals surface area contributed by atoms with E-state index in [0.29, 0.717) is 22.8 Å². The number of hydrogen-bond acceptors (Lipinski definition) is 3. The summed E-state index contributed by atoms with van der Waals surface area (Å²) >= 11 is 6.25. The summed E-state index contributed by atoms with van der Waals surface area (Å²) < 4.78 is 3.56. The summed E-state index contributed by atoms with van der Waals surface area (Å²) in [7, 11) is 0. The summed E-state index contributed by atoms with van der Waals surface area (Å²) in [5.74, 6) is 2.60. The molecular weight excluding hydrogens is 398 g/mol. The highest BCUT2D eigenvalue weighted by Crippen LogP contribution is 2.61. The van der Waals surface area contributed by atoms with E-state index in [1.807, 2.05) is 24.7 Å². The summed E-state index contributed by atoms with van der Waals surface area (Å²) in [5.41, 5.74) is 2.50. The van der Waals surface area contributed by atoms with Gasteiger partial charge in [-0.05, 0) is 88.0 Å². The number of aromatic nitrogens is 4. The Morgan fingerprint density at radius 3 is 2.37 bits per heavy atom. The van der Waals surface area contributed by atoms with Gasteiger partial charge in [-0.25, -0.2) is 4.68 Å². The zero-order chi connectivity index (χ0) is 21.0. The van der Waals surface area contributed by atoms with Gasteiger partial charge in [0.1, 0.15) is 12.4 Å². The number of rotatable bonds is 6. The second-order valence-corrected chi connectivity index (χ2v) is 10.5. The predicted molar refractivity (Wildman–Crippen MR) is 116 cm³/mol. The van der Waals surface area contributed by atoms with Gasteiger partial charge in [-0.15, -0.1) is 0 Å². The van der Waals surface area contributed by atoms with Crippen LogP contribution >= 0.6 is 11.6 Å². The van der Waals surface area contributed by atoms with Crippen molar-refractivity contribution >= 4 is 17.5 Å². The number of carbonyl (C=O) groups is 1. The maximum absolute atomic E-state index is 13.1. The van der Waals surface area contributed by atoms with Crippen LogP contribution in [0.1, 0.15) is 73.7 Å². The van der Waals surface area contributed by atoms with Crippen LogP contribution in [0.15, 0.2) is 12.3 Å². The molecule has 1 atom stereocenters. The monoisotopic (exact) mass is 429 g/mol. The number of carbonyl (C=O) groups excluding carboxylic acids is 1. The Hall–Kier alpha value is -1.82. The Bertz CT molecular complexity index is 926. The average molecular weight is 430 g/mol. The molecule has 0 aliphatic heterocycles. The normalized spacial score (nSPS) is 30.6. The molecule has 4 fully saturated rings. The van der Waals surface area contributed by atoms with Crippen LogP contribution in [0, 0.1) is 37.0 Å². The zero-order valence-corrected chi connectivity index (χ0v) is 19.0. The molecule has 162 valence electrons. The third kappa shape index (κ3) is 3.37. The summed E-state index contributed by atoms with van der Waals surface area (Å²) in [5, 5.41) is 13.0. The quantitative estimate of drug-likeness (QED) is 0.730. The second kappa shape index (κ2) is 7.40. The Balaban J connectivity index is 1.29. The third-order valence-electron chi connectivity index (χ3n) is 7.98. The lowest BCUT2D eigenvalue weighted by Gasteiger charge is -2.59. The van der Waals surface area contributed by atoms with E-state index in [2.05, 4.69) is 22.4 Å². The van der Waals surface area contributed by atoms with Crippen LogP contribution in [0.25, 0.3) is 0 Å². The average Bonchev–Trinajstić information content (AvgIpc) is 3.26. The van der Waals surface area contributed by atoms with Gasteiger partial charge in [-0.1, -0.05) is 18.5 Å². The molecule has 30 heavy (non-hydrogen) atoms. The third-order valence-corrected chi connectivity index (χ3v) is 8.53. The predicted octanol–water partition coefficient (Wildman–Crippen LogP) is 4.58. The summed E-state index contributed by atoms with van der Waals surface area (Å²) in [6, 6.07) is 2.05. The van der Waals surface area contributed by atoms with Gasteiger partial charge in [0, 0.05) is 12.2 Å². The van der Waals surface area contributed by atoms with Crippen LogP contribution in [0.4, 0.5) is 0 Å². The van der Waals surface area contributed by atoms with E-state index < -0.39 is 0 Å². The highest BCUT2D eigenvalue weighted by Gasteiger charge is 2.54. The smallest absolute Gasteiger partial charge is 0.272 e. The molecule has 1 amide bonds. The topological polar surface area (TPSA) is 64.7 Å².